The van der Waals surface area contributed by atoms with Gasteiger partial charge in [-0.1, -0.05) is 46.0 Å². The predicted octanol–water partition coefficient (Wildman–Crippen LogP) is 3.96. The van der Waals surface area contributed by atoms with Crippen molar-refractivity contribution in [3.8, 4) is 0 Å². The fraction of sp³-hybridized carbons (Fsp3) is 0.909. The Hall–Kier alpha value is 0. The third kappa shape index (κ3) is 2.84. The summed E-state index contributed by atoms with van der Waals surface area (Å²) in [5.41, 5.74) is 0.584. The molecule has 11 heavy (non-hydrogen) atoms. The highest BCUT2D eigenvalue weighted by Crippen LogP contribution is 2.35. The summed E-state index contributed by atoms with van der Waals surface area (Å²) < 4.78 is 0. The maximum Gasteiger partial charge on any atom is -0.0326 e. The van der Waals surface area contributed by atoms with Gasteiger partial charge in [0.15, 0.2) is 0 Å². The van der Waals surface area contributed by atoms with E-state index in [2.05, 4.69) is 13.8 Å². The van der Waals surface area contributed by atoms with Gasteiger partial charge in [-0.3, -0.25) is 0 Å². The van der Waals surface area contributed by atoms with Crippen LogP contribution in [0, 0.1) is 12.3 Å². The van der Waals surface area contributed by atoms with Gasteiger partial charge in [0.2, 0.25) is 0 Å². The summed E-state index contributed by atoms with van der Waals surface area (Å²) in [7, 11) is 0. The Balaban J connectivity index is 2.37. The van der Waals surface area contributed by atoms with Crippen molar-refractivity contribution >= 4 is 0 Å². The summed E-state index contributed by atoms with van der Waals surface area (Å²) >= 11 is 0. The molecule has 1 saturated carbocycles. The van der Waals surface area contributed by atoms with E-state index >= 15 is 0 Å². The van der Waals surface area contributed by atoms with Gasteiger partial charge >= 0.3 is 0 Å². The molecule has 1 rings (SSSR count). The van der Waals surface area contributed by atoms with Crippen LogP contribution < -0.4 is 0 Å². The van der Waals surface area contributed by atoms with E-state index in [1.54, 1.807) is 0 Å². The molecule has 0 heterocycles. The molecule has 0 amide bonds. The molecule has 0 aromatic rings. The standard InChI is InChI=1S/C11H21/c1-3-11(2)9-7-5-4-6-8-10-11/h1,3-10H2,2H3. The van der Waals surface area contributed by atoms with Crippen LogP contribution in [0.15, 0.2) is 0 Å². The van der Waals surface area contributed by atoms with Crippen LogP contribution in [0.25, 0.3) is 0 Å². The molecule has 1 fully saturated rings. The second kappa shape index (κ2) is 4.13. The minimum atomic E-state index is 0.584. The SMILES string of the molecule is [CH2]CC1(C)CCCCCCC1. The smallest absolute Gasteiger partial charge is 0.0326 e. The molecule has 1 radical (unpaired) electrons. The molecule has 0 unspecified atom stereocenters. The molecule has 0 atom stereocenters. The molecule has 0 nitrogen and oxygen atoms in total. The molecule has 0 saturated heterocycles. The normalized spacial score (nSPS) is 25.6. The number of rotatable bonds is 1. The van der Waals surface area contributed by atoms with Crippen LogP contribution in [0.3, 0.4) is 0 Å². The van der Waals surface area contributed by atoms with Gasteiger partial charge in [0.25, 0.3) is 0 Å². The van der Waals surface area contributed by atoms with Crippen molar-refractivity contribution in [2.24, 2.45) is 5.41 Å². The van der Waals surface area contributed by atoms with Gasteiger partial charge in [0, 0.05) is 0 Å². The first-order valence-corrected chi connectivity index (χ1v) is 5.06. The van der Waals surface area contributed by atoms with Gasteiger partial charge in [-0.15, -0.1) is 0 Å². The van der Waals surface area contributed by atoms with E-state index in [0.717, 1.165) is 6.42 Å². The Morgan fingerprint density at radius 2 is 1.45 bits per heavy atom. The molecule has 0 aromatic heterocycles. The minimum absolute atomic E-state index is 0.584. The summed E-state index contributed by atoms with van der Waals surface area (Å²) in [6.07, 6.45) is 11.2. The van der Waals surface area contributed by atoms with E-state index in [-0.39, 0.29) is 0 Å². The lowest BCUT2D eigenvalue weighted by Crippen LogP contribution is -2.16. The quantitative estimate of drug-likeness (QED) is 0.535. The van der Waals surface area contributed by atoms with Gasteiger partial charge in [0.1, 0.15) is 0 Å². The van der Waals surface area contributed by atoms with Gasteiger partial charge < -0.3 is 0 Å². The van der Waals surface area contributed by atoms with Crippen LogP contribution in [0.1, 0.15) is 58.3 Å². The van der Waals surface area contributed by atoms with Crippen molar-refractivity contribution in [2.45, 2.75) is 58.3 Å². The molecule has 0 aromatic carbocycles. The van der Waals surface area contributed by atoms with Crippen LogP contribution in [0.5, 0.6) is 0 Å². The van der Waals surface area contributed by atoms with E-state index in [1.165, 1.54) is 44.9 Å². The first-order valence-electron chi connectivity index (χ1n) is 5.06. The highest BCUT2D eigenvalue weighted by atomic mass is 14.3. The summed E-state index contributed by atoms with van der Waals surface area (Å²) in [4.78, 5) is 0. The minimum Gasteiger partial charge on any atom is -0.0596 e. The van der Waals surface area contributed by atoms with Gasteiger partial charge in [-0.2, -0.15) is 0 Å². The average molecular weight is 153 g/mol. The number of hydrogen-bond acceptors (Lipinski definition) is 0. The predicted molar refractivity (Wildman–Crippen MR) is 50.4 cm³/mol. The van der Waals surface area contributed by atoms with Gasteiger partial charge in [-0.25, -0.2) is 0 Å². The summed E-state index contributed by atoms with van der Waals surface area (Å²) in [5.74, 6) is 0. The Morgan fingerprint density at radius 1 is 1.00 bits per heavy atom. The fourth-order valence-electron chi connectivity index (χ4n) is 2.01. The Kier molecular flexibility index (Phi) is 3.42. The van der Waals surface area contributed by atoms with Crippen LogP contribution in [-0.4, -0.2) is 0 Å². The lowest BCUT2D eigenvalue weighted by Gasteiger charge is -2.30. The molecule has 1 aliphatic rings. The molecule has 0 heteroatoms. The lowest BCUT2D eigenvalue weighted by atomic mass is 9.76. The van der Waals surface area contributed by atoms with Crippen molar-refractivity contribution in [2.75, 3.05) is 0 Å². The zero-order chi connectivity index (χ0) is 8.16. The third-order valence-corrected chi connectivity index (χ3v) is 3.16. The fourth-order valence-corrected chi connectivity index (χ4v) is 2.01. The molecule has 1 aliphatic carbocycles. The van der Waals surface area contributed by atoms with Crippen molar-refractivity contribution in [1.82, 2.24) is 0 Å². The van der Waals surface area contributed by atoms with Crippen LogP contribution in [-0.2, 0) is 0 Å². The van der Waals surface area contributed by atoms with E-state index in [0.29, 0.717) is 5.41 Å². The topological polar surface area (TPSA) is 0 Å². The second-order valence-corrected chi connectivity index (χ2v) is 4.33. The molecule has 0 bridgehead atoms. The first-order chi connectivity index (χ1) is 5.27. The van der Waals surface area contributed by atoms with Gasteiger partial charge in [0.05, 0.1) is 0 Å². The second-order valence-electron chi connectivity index (χ2n) is 4.33. The first kappa shape index (κ1) is 9.09. The Labute approximate surface area is 71.4 Å². The zero-order valence-corrected chi connectivity index (χ0v) is 7.86. The van der Waals surface area contributed by atoms with Crippen LogP contribution in [0.2, 0.25) is 0 Å². The lowest BCUT2D eigenvalue weighted by molar-refractivity contribution is 0.239. The van der Waals surface area contributed by atoms with Gasteiger partial charge in [-0.05, 0) is 24.7 Å². The van der Waals surface area contributed by atoms with E-state index in [4.69, 9.17) is 0 Å². The Morgan fingerprint density at radius 3 is 1.91 bits per heavy atom. The highest BCUT2D eigenvalue weighted by Gasteiger charge is 2.21. The molecular formula is C11H21. The maximum atomic E-state index is 4.05. The summed E-state index contributed by atoms with van der Waals surface area (Å²) in [6.45, 7) is 6.46. The molecule has 0 aliphatic heterocycles. The largest absolute Gasteiger partial charge is 0.0596 e. The van der Waals surface area contributed by atoms with E-state index < -0.39 is 0 Å². The van der Waals surface area contributed by atoms with E-state index in [1.807, 2.05) is 0 Å². The third-order valence-electron chi connectivity index (χ3n) is 3.16. The Bertz CT molecular complexity index is 96.6. The van der Waals surface area contributed by atoms with Crippen LogP contribution in [0.4, 0.5) is 0 Å². The number of hydrogen-bond donors (Lipinski definition) is 0. The van der Waals surface area contributed by atoms with Crippen molar-refractivity contribution in [1.29, 1.82) is 0 Å². The monoisotopic (exact) mass is 153 g/mol. The summed E-state index contributed by atoms with van der Waals surface area (Å²) in [5, 5.41) is 0. The highest BCUT2D eigenvalue weighted by molar-refractivity contribution is 4.76. The van der Waals surface area contributed by atoms with Crippen molar-refractivity contribution in [3.05, 3.63) is 6.92 Å². The summed E-state index contributed by atoms with van der Waals surface area (Å²) in [6, 6.07) is 0. The molecular weight excluding hydrogens is 132 g/mol. The van der Waals surface area contributed by atoms with E-state index in [9.17, 15) is 0 Å². The maximum absolute atomic E-state index is 4.05. The van der Waals surface area contributed by atoms with Crippen LogP contribution >= 0.6 is 0 Å². The zero-order valence-electron chi connectivity index (χ0n) is 7.86. The van der Waals surface area contributed by atoms with Crippen molar-refractivity contribution in [3.63, 3.8) is 0 Å². The average Bonchev–Trinajstić information content (AvgIpc) is 1.98. The molecule has 0 N–H and O–H groups in total. The molecule has 0 spiro atoms. The van der Waals surface area contributed by atoms with Crippen molar-refractivity contribution < 1.29 is 0 Å². The molecule has 65 valence electrons.